The van der Waals surface area contributed by atoms with E-state index in [0.29, 0.717) is 12.3 Å². The minimum Gasteiger partial charge on any atom is -0.465 e. The van der Waals surface area contributed by atoms with E-state index in [1.54, 1.807) is 25.3 Å². The van der Waals surface area contributed by atoms with Crippen molar-refractivity contribution in [2.24, 2.45) is 0 Å². The summed E-state index contributed by atoms with van der Waals surface area (Å²) in [5.41, 5.74) is 0.673. The smallest absolute Gasteiger partial charge is 0.326 e. The molecule has 0 saturated heterocycles. The van der Waals surface area contributed by atoms with Crippen LogP contribution < -0.4 is 4.90 Å². The first kappa shape index (κ1) is 17.0. The zero-order valence-corrected chi connectivity index (χ0v) is 13.7. The molecule has 0 unspecified atom stereocenters. The summed E-state index contributed by atoms with van der Waals surface area (Å²) in [6.45, 7) is 1.93. The van der Waals surface area contributed by atoms with Crippen LogP contribution >= 0.6 is 11.8 Å². The molecule has 2 rings (SSSR count). The average Bonchev–Trinajstić information content (AvgIpc) is 2.59. The third kappa shape index (κ3) is 5.41. The standard InChI is InChI=1S/C17H18N2O3S/c1-2-22-17(21)12-19(14-8-4-3-5-9-14)16(20)13-23-15-10-6-7-11-18-15/h3-11H,2,12-13H2,1H3. The highest BCUT2D eigenvalue weighted by Crippen LogP contribution is 2.18. The third-order valence-electron chi connectivity index (χ3n) is 2.94. The van der Waals surface area contributed by atoms with Crippen LogP contribution in [-0.2, 0) is 14.3 Å². The molecule has 1 aromatic carbocycles. The number of aromatic nitrogens is 1. The number of para-hydroxylation sites is 1. The van der Waals surface area contributed by atoms with Crippen molar-refractivity contribution >= 4 is 29.3 Å². The van der Waals surface area contributed by atoms with Crippen LogP contribution in [0.2, 0.25) is 0 Å². The Morgan fingerprint density at radius 1 is 1.13 bits per heavy atom. The zero-order valence-electron chi connectivity index (χ0n) is 12.8. The molecule has 0 radical (unpaired) electrons. The predicted octanol–water partition coefficient (Wildman–Crippen LogP) is 2.77. The van der Waals surface area contributed by atoms with E-state index in [2.05, 4.69) is 4.98 Å². The number of carbonyl (C=O) groups is 2. The van der Waals surface area contributed by atoms with Gasteiger partial charge in [-0.2, -0.15) is 0 Å². The van der Waals surface area contributed by atoms with Crippen molar-refractivity contribution in [2.75, 3.05) is 23.8 Å². The highest BCUT2D eigenvalue weighted by molar-refractivity contribution is 7.99. The van der Waals surface area contributed by atoms with Gasteiger partial charge in [0, 0.05) is 11.9 Å². The number of ether oxygens (including phenoxy) is 1. The van der Waals surface area contributed by atoms with Gasteiger partial charge in [-0.15, -0.1) is 0 Å². The maximum atomic E-state index is 12.5. The van der Waals surface area contributed by atoms with E-state index in [1.165, 1.54) is 16.7 Å². The number of pyridine rings is 1. The van der Waals surface area contributed by atoms with E-state index >= 15 is 0 Å². The number of nitrogens with zero attached hydrogens (tertiary/aromatic N) is 2. The second-order valence-corrected chi connectivity index (χ2v) is 5.57. The summed E-state index contributed by atoms with van der Waals surface area (Å²) < 4.78 is 4.95. The summed E-state index contributed by atoms with van der Waals surface area (Å²) in [4.78, 5) is 29.9. The Labute approximate surface area is 139 Å². The Bertz CT molecular complexity index is 635. The van der Waals surface area contributed by atoms with E-state index in [1.807, 2.05) is 36.4 Å². The van der Waals surface area contributed by atoms with Gasteiger partial charge >= 0.3 is 5.97 Å². The first-order valence-corrected chi connectivity index (χ1v) is 8.24. The second-order valence-electron chi connectivity index (χ2n) is 4.58. The summed E-state index contributed by atoms with van der Waals surface area (Å²) in [6.07, 6.45) is 1.68. The molecular weight excluding hydrogens is 312 g/mol. The minimum absolute atomic E-state index is 0.0978. The molecule has 0 fully saturated rings. The summed E-state index contributed by atoms with van der Waals surface area (Å²) >= 11 is 1.34. The molecule has 0 bridgehead atoms. The Kier molecular flexibility index (Phi) is 6.62. The normalized spacial score (nSPS) is 10.1. The fraction of sp³-hybridized carbons (Fsp3) is 0.235. The zero-order chi connectivity index (χ0) is 16.5. The molecular formula is C17H18N2O3S. The van der Waals surface area contributed by atoms with Gasteiger partial charge in [0.15, 0.2) is 0 Å². The minimum atomic E-state index is -0.424. The van der Waals surface area contributed by atoms with Crippen LogP contribution in [0.25, 0.3) is 0 Å². The number of benzene rings is 1. The van der Waals surface area contributed by atoms with Gasteiger partial charge in [0.1, 0.15) is 6.54 Å². The molecule has 2 aromatic rings. The molecule has 0 aliphatic heterocycles. The maximum absolute atomic E-state index is 12.5. The van der Waals surface area contributed by atoms with E-state index < -0.39 is 5.97 Å². The van der Waals surface area contributed by atoms with Crippen molar-refractivity contribution in [1.82, 2.24) is 4.98 Å². The molecule has 1 aromatic heterocycles. The molecule has 0 spiro atoms. The first-order valence-electron chi connectivity index (χ1n) is 7.25. The maximum Gasteiger partial charge on any atom is 0.326 e. The lowest BCUT2D eigenvalue weighted by Gasteiger charge is -2.21. The second kappa shape index (κ2) is 8.95. The number of rotatable bonds is 7. The Hall–Kier alpha value is -2.34. The number of hydrogen-bond acceptors (Lipinski definition) is 5. The first-order chi connectivity index (χ1) is 11.2. The number of esters is 1. The Morgan fingerprint density at radius 3 is 2.52 bits per heavy atom. The molecule has 0 N–H and O–H groups in total. The molecule has 1 amide bonds. The van der Waals surface area contributed by atoms with Gasteiger partial charge in [-0.25, -0.2) is 4.98 Å². The number of hydrogen-bond donors (Lipinski definition) is 0. The van der Waals surface area contributed by atoms with Crippen molar-refractivity contribution in [3.05, 3.63) is 54.7 Å². The monoisotopic (exact) mass is 330 g/mol. The Morgan fingerprint density at radius 2 is 1.87 bits per heavy atom. The molecule has 0 aliphatic rings. The van der Waals surface area contributed by atoms with Gasteiger partial charge in [0.05, 0.1) is 17.4 Å². The summed E-state index contributed by atoms with van der Waals surface area (Å²) in [5, 5.41) is 0.769. The molecule has 23 heavy (non-hydrogen) atoms. The molecule has 5 nitrogen and oxygen atoms in total. The lowest BCUT2D eigenvalue weighted by molar-refractivity contribution is -0.142. The molecule has 1 heterocycles. The van der Waals surface area contributed by atoms with E-state index in [-0.39, 0.29) is 18.2 Å². The SMILES string of the molecule is CCOC(=O)CN(C(=O)CSc1ccccn1)c1ccccc1. The van der Waals surface area contributed by atoms with Crippen LogP contribution in [0.5, 0.6) is 0 Å². The summed E-state index contributed by atoms with van der Waals surface area (Å²) in [5.74, 6) is -0.391. The number of anilines is 1. The van der Waals surface area contributed by atoms with Crippen LogP contribution in [0.1, 0.15) is 6.92 Å². The average molecular weight is 330 g/mol. The fourth-order valence-electron chi connectivity index (χ4n) is 1.91. The predicted molar refractivity (Wildman–Crippen MR) is 90.4 cm³/mol. The van der Waals surface area contributed by atoms with Gasteiger partial charge in [0.2, 0.25) is 5.91 Å². The van der Waals surface area contributed by atoms with Gasteiger partial charge in [-0.3, -0.25) is 9.59 Å². The molecule has 6 heteroatoms. The van der Waals surface area contributed by atoms with Crippen LogP contribution in [0, 0.1) is 0 Å². The third-order valence-corrected chi connectivity index (χ3v) is 3.87. The number of thioether (sulfide) groups is 1. The molecule has 0 atom stereocenters. The quantitative estimate of drug-likeness (QED) is 0.577. The van der Waals surface area contributed by atoms with E-state index in [9.17, 15) is 9.59 Å². The van der Waals surface area contributed by atoms with Crippen molar-refractivity contribution in [3.8, 4) is 0 Å². The fourth-order valence-corrected chi connectivity index (χ4v) is 2.65. The van der Waals surface area contributed by atoms with Crippen LogP contribution in [0.3, 0.4) is 0 Å². The molecule has 0 saturated carbocycles. The van der Waals surface area contributed by atoms with Crippen LogP contribution in [-0.4, -0.2) is 35.8 Å². The highest BCUT2D eigenvalue weighted by atomic mass is 32.2. The van der Waals surface area contributed by atoms with Gasteiger partial charge < -0.3 is 9.64 Å². The largest absolute Gasteiger partial charge is 0.465 e. The number of carbonyl (C=O) groups excluding carboxylic acids is 2. The van der Waals surface area contributed by atoms with Crippen molar-refractivity contribution < 1.29 is 14.3 Å². The lowest BCUT2D eigenvalue weighted by atomic mass is 10.3. The summed E-state index contributed by atoms with van der Waals surface area (Å²) in [7, 11) is 0. The van der Waals surface area contributed by atoms with Gasteiger partial charge in [-0.1, -0.05) is 36.0 Å². The van der Waals surface area contributed by atoms with Crippen molar-refractivity contribution in [2.45, 2.75) is 11.9 Å². The van der Waals surface area contributed by atoms with E-state index in [4.69, 9.17) is 4.74 Å². The highest BCUT2D eigenvalue weighted by Gasteiger charge is 2.20. The summed E-state index contributed by atoms with van der Waals surface area (Å²) in [6, 6.07) is 14.6. The van der Waals surface area contributed by atoms with E-state index in [0.717, 1.165) is 5.03 Å². The number of amides is 1. The molecule has 120 valence electrons. The van der Waals surface area contributed by atoms with Crippen molar-refractivity contribution in [3.63, 3.8) is 0 Å². The Balaban J connectivity index is 2.06. The van der Waals surface area contributed by atoms with Crippen molar-refractivity contribution in [1.29, 1.82) is 0 Å². The topological polar surface area (TPSA) is 59.5 Å². The van der Waals surface area contributed by atoms with Crippen LogP contribution in [0.15, 0.2) is 59.8 Å². The van der Waals surface area contributed by atoms with Gasteiger partial charge in [0.25, 0.3) is 0 Å². The molecule has 0 aliphatic carbocycles. The van der Waals surface area contributed by atoms with Crippen LogP contribution in [0.4, 0.5) is 5.69 Å². The lowest BCUT2D eigenvalue weighted by Crippen LogP contribution is -2.37. The van der Waals surface area contributed by atoms with Gasteiger partial charge in [-0.05, 0) is 31.2 Å².